The van der Waals surface area contributed by atoms with Crippen molar-refractivity contribution < 1.29 is 4.39 Å². The molecule has 1 heterocycles. The van der Waals surface area contributed by atoms with E-state index in [2.05, 4.69) is 23.4 Å². The minimum atomic E-state index is -0.272. The number of hydrogen-bond donors (Lipinski definition) is 0. The van der Waals surface area contributed by atoms with Crippen molar-refractivity contribution in [2.75, 3.05) is 0 Å². The molecule has 0 spiro atoms. The van der Waals surface area contributed by atoms with Crippen molar-refractivity contribution in [3.63, 3.8) is 0 Å². The average Bonchev–Trinajstić information content (AvgIpc) is 2.83. The number of rotatable bonds is 7. The molecule has 1 atom stereocenters. The standard InChI is InChI=1S/C16H22ClFN2/c1-3-4-5-6-8-12(2)20-14-10-7-9-13(18)16(14)19-15(20)11-17/h7,9-10,12H,3-6,8,11H2,1-2H3. The van der Waals surface area contributed by atoms with Crippen LogP contribution in [0.2, 0.25) is 0 Å². The first-order chi connectivity index (χ1) is 9.69. The molecule has 2 rings (SSSR count). The summed E-state index contributed by atoms with van der Waals surface area (Å²) in [6.07, 6.45) is 6.02. The summed E-state index contributed by atoms with van der Waals surface area (Å²) in [5, 5.41) is 0. The molecule has 0 aliphatic rings. The van der Waals surface area contributed by atoms with Crippen LogP contribution in [0.3, 0.4) is 0 Å². The first-order valence-corrected chi connectivity index (χ1v) is 7.93. The Kier molecular flexibility index (Phi) is 5.41. The number of halogens is 2. The van der Waals surface area contributed by atoms with E-state index in [1.54, 1.807) is 6.07 Å². The summed E-state index contributed by atoms with van der Waals surface area (Å²) < 4.78 is 15.9. The van der Waals surface area contributed by atoms with Gasteiger partial charge in [-0.15, -0.1) is 11.6 Å². The molecule has 0 N–H and O–H groups in total. The fourth-order valence-electron chi connectivity index (χ4n) is 2.71. The molecule has 0 saturated heterocycles. The van der Waals surface area contributed by atoms with E-state index in [1.165, 1.54) is 31.7 Å². The second-order valence-corrected chi connectivity index (χ2v) is 5.60. The van der Waals surface area contributed by atoms with Crippen LogP contribution in [0, 0.1) is 5.82 Å². The Morgan fingerprint density at radius 2 is 2.10 bits per heavy atom. The van der Waals surface area contributed by atoms with Gasteiger partial charge < -0.3 is 4.57 Å². The maximum atomic E-state index is 13.8. The third-order valence-electron chi connectivity index (χ3n) is 3.78. The molecule has 1 aromatic carbocycles. The fraction of sp³-hybridized carbons (Fsp3) is 0.562. The maximum Gasteiger partial charge on any atom is 0.151 e. The smallest absolute Gasteiger partial charge is 0.151 e. The molecule has 4 heteroatoms. The second-order valence-electron chi connectivity index (χ2n) is 5.34. The van der Waals surface area contributed by atoms with E-state index in [0.29, 0.717) is 17.4 Å². The Bertz CT molecular complexity index is 565. The molecule has 1 aromatic heterocycles. The van der Waals surface area contributed by atoms with Crippen LogP contribution in [0.4, 0.5) is 4.39 Å². The van der Waals surface area contributed by atoms with E-state index < -0.39 is 0 Å². The first-order valence-electron chi connectivity index (χ1n) is 7.40. The van der Waals surface area contributed by atoms with Crippen LogP contribution in [0.5, 0.6) is 0 Å². The van der Waals surface area contributed by atoms with Gasteiger partial charge in [0.15, 0.2) is 5.82 Å². The SMILES string of the molecule is CCCCCCC(C)n1c(CCl)nc2c(F)cccc21. The van der Waals surface area contributed by atoms with E-state index in [0.717, 1.165) is 17.8 Å². The van der Waals surface area contributed by atoms with Gasteiger partial charge in [-0.05, 0) is 25.5 Å². The zero-order valence-electron chi connectivity index (χ0n) is 12.2. The number of unbranched alkanes of at least 4 members (excludes halogenated alkanes) is 3. The van der Waals surface area contributed by atoms with Crippen molar-refractivity contribution >= 4 is 22.6 Å². The fourth-order valence-corrected chi connectivity index (χ4v) is 2.90. The minimum Gasteiger partial charge on any atom is -0.324 e. The highest BCUT2D eigenvalue weighted by molar-refractivity contribution is 6.16. The summed E-state index contributed by atoms with van der Waals surface area (Å²) in [6, 6.07) is 5.40. The Hall–Kier alpha value is -1.09. The summed E-state index contributed by atoms with van der Waals surface area (Å²) >= 11 is 5.98. The van der Waals surface area contributed by atoms with Crippen molar-refractivity contribution in [3.05, 3.63) is 29.8 Å². The number of hydrogen-bond acceptors (Lipinski definition) is 1. The summed E-state index contributed by atoms with van der Waals surface area (Å²) in [6.45, 7) is 4.37. The summed E-state index contributed by atoms with van der Waals surface area (Å²) in [4.78, 5) is 4.35. The normalized spacial score (nSPS) is 13.0. The second kappa shape index (κ2) is 7.07. The quantitative estimate of drug-likeness (QED) is 0.491. The van der Waals surface area contributed by atoms with Gasteiger partial charge in [0, 0.05) is 6.04 Å². The van der Waals surface area contributed by atoms with E-state index in [-0.39, 0.29) is 5.82 Å². The number of aromatic nitrogens is 2. The lowest BCUT2D eigenvalue weighted by Gasteiger charge is -2.17. The third-order valence-corrected chi connectivity index (χ3v) is 4.02. The van der Waals surface area contributed by atoms with Crippen molar-refractivity contribution in [3.8, 4) is 0 Å². The van der Waals surface area contributed by atoms with Crippen molar-refractivity contribution in [2.45, 2.75) is 57.9 Å². The lowest BCUT2D eigenvalue weighted by Crippen LogP contribution is -2.08. The molecule has 0 bridgehead atoms. The molecular formula is C16H22ClFN2. The van der Waals surface area contributed by atoms with Crippen LogP contribution in [0.15, 0.2) is 18.2 Å². The average molecular weight is 297 g/mol. The molecule has 0 aliphatic carbocycles. The molecule has 0 saturated carbocycles. The summed E-state index contributed by atoms with van der Waals surface area (Å²) in [5.41, 5.74) is 1.28. The Balaban J connectivity index is 2.25. The van der Waals surface area contributed by atoms with Crippen molar-refractivity contribution in [1.29, 1.82) is 0 Å². The first kappa shape index (κ1) is 15.3. The molecule has 2 nitrogen and oxygen atoms in total. The van der Waals surface area contributed by atoms with Gasteiger partial charge in [0.05, 0.1) is 11.4 Å². The van der Waals surface area contributed by atoms with E-state index in [1.807, 2.05) is 6.07 Å². The number of fused-ring (bicyclic) bond motifs is 1. The Morgan fingerprint density at radius 1 is 1.30 bits per heavy atom. The highest BCUT2D eigenvalue weighted by Crippen LogP contribution is 2.27. The molecule has 0 fully saturated rings. The zero-order valence-corrected chi connectivity index (χ0v) is 13.0. The highest BCUT2D eigenvalue weighted by Gasteiger charge is 2.17. The van der Waals surface area contributed by atoms with Gasteiger partial charge in [-0.2, -0.15) is 0 Å². The Labute approximate surface area is 125 Å². The monoisotopic (exact) mass is 296 g/mol. The number of nitrogens with zero attached hydrogens (tertiary/aromatic N) is 2. The van der Waals surface area contributed by atoms with Crippen LogP contribution in [0.1, 0.15) is 57.8 Å². The molecule has 2 aromatic rings. The molecule has 110 valence electrons. The predicted octanol–water partition coefficient (Wildman–Crippen LogP) is 5.45. The van der Waals surface area contributed by atoms with Gasteiger partial charge in [-0.25, -0.2) is 9.37 Å². The van der Waals surface area contributed by atoms with Crippen LogP contribution < -0.4 is 0 Å². The number of alkyl halides is 1. The number of imidazole rings is 1. The third kappa shape index (κ3) is 3.14. The van der Waals surface area contributed by atoms with Gasteiger partial charge in [0.25, 0.3) is 0 Å². The molecule has 0 radical (unpaired) electrons. The lowest BCUT2D eigenvalue weighted by atomic mass is 10.1. The van der Waals surface area contributed by atoms with Gasteiger partial charge >= 0.3 is 0 Å². The molecular weight excluding hydrogens is 275 g/mol. The van der Waals surface area contributed by atoms with Crippen molar-refractivity contribution in [1.82, 2.24) is 9.55 Å². The predicted molar refractivity (Wildman–Crippen MR) is 82.7 cm³/mol. The van der Waals surface area contributed by atoms with Crippen LogP contribution in [-0.4, -0.2) is 9.55 Å². The molecule has 1 unspecified atom stereocenters. The van der Waals surface area contributed by atoms with Gasteiger partial charge in [-0.3, -0.25) is 0 Å². The molecule has 0 aliphatic heterocycles. The van der Waals surface area contributed by atoms with Gasteiger partial charge in [0.1, 0.15) is 11.3 Å². The zero-order chi connectivity index (χ0) is 14.5. The maximum absolute atomic E-state index is 13.8. The van der Waals surface area contributed by atoms with Crippen LogP contribution >= 0.6 is 11.6 Å². The van der Waals surface area contributed by atoms with E-state index >= 15 is 0 Å². The summed E-state index contributed by atoms with van der Waals surface area (Å²) in [5.74, 6) is 0.800. The number of benzene rings is 1. The van der Waals surface area contributed by atoms with E-state index in [4.69, 9.17) is 11.6 Å². The topological polar surface area (TPSA) is 17.8 Å². The van der Waals surface area contributed by atoms with Gasteiger partial charge in [0.2, 0.25) is 0 Å². The Morgan fingerprint density at radius 3 is 2.80 bits per heavy atom. The molecule has 0 amide bonds. The van der Waals surface area contributed by atoms with Gasteiger partial charge in [-0.1, -0.05) is 38.7 Å². The van der Waals surface area contributed by atoms with E-state index in [9.17, 15) is 4.39 Å². The lowest BCUT2D eigenvalue weighted by molar-refractivity contribution is 0.473. The largest absolute Gasteiger partial charge is 0.324 e. The van der Waals surface area contributed by atoms with Crippen LogP contribution in [0.25, 0.3) is 11.0 Å². The highest BCUT2D eigenvalue weighted by atomic mass is 35.5. The minimum absolute atomic E-state index is 0.272. The van der Waals surface area contributed by atoms with Crippen molar-refractivity contribution in [2.24, 2.45) is 0 Å². The van der Waals surface area contributed by atoms with Crippen LogP contribution in [-0.2, 0) is 5.88 Å². The molecule has 20 heavy (non-hydrogen) atoms. The summed E-state index contributed by atoms with van der Waals surface area (Å²) in [7, 11) is 0. The number of para-hydroxylation sites is 1.